The van der Waals surface area contributed by atoms with Crippen LogP contribution in [0.25, 0.3) is 0 Å². The van der Waals surface area contributed by atoms with Gasteiger partial charge in [-0.25, -0.2) is 9.59 Å². The molecule has 0 bridgehead atoms. The van der Waals surface area contributed by atoms with Gasteiger partial charge >= 0.3 is 24.3 Å². The number of halogens is 6. The van der Waals surface area contributed by atoms with Crippen molar-refractivity contribution in [3.05, 3.63) is 11.6 Å². The number of piperidine rings is 1. The van der Waals surface area contributed by atoms with E-state index in [0.717, 1.165) is 19.4 Å². The predicted molar refractivity (Wildman–Crippen MR) is 80.5 cm³/mol. The van der Waals surface area contributed by atoms with E-state index < -0.39 is 24.3 Å². The first-order chi connectivity index (χ1) is 11.6. The summed E-state index contributed by atoms with van der Waals surface area (Å²) < 4.78 is 63.5. The number of nitrogens with two attached hydrogens (primary N) is 1. The Bertz CT molecular complexity index is 441. The molecule has 0 radical (unpaired) electrons. The Morgan fingerprint density at radius 3 is 1.54 bits per heavy atom. The van der Waals surface area contributed by atoms with E-state index in [9.17, 15) is 26.3 Å². The van der Waals surface area contributed by atoms with Crippen LogP contribution in [0.5, 0.6) is 0 Å². The van der Waals surface area contributed by atoms with E-state index in [1.807, 2.05) is 0 Å². The number of aliphatic carboxylic acids is 2. The van der Waals surface area contributed by atoms with Crippen molar-refractivity contribution >= 4 is 11.9 Å². The molecule has 0 unspecified atom stereocenters. The van der Waals surface area contributed by atoms with Crippen molar-refractivity contribution in [3.63, 3.8) is 0 Å². The second-order valence-electron chi connectivity index (χ2n) is 5.53. The van der Waals surface area contributed by atoms with Crippen LogP contribution >= 0.6 is 0 Å². The van der Waals surface area contributed by atoms with Crippen LogP contribution in [0.3, 0.4) is 0 Å². The summed E-state index contributed by atoms with van der Waals surface area (Å²) in [4.78, 5) is 20.3. The van der Waals surface area contributed by atoms with E-state index in [1.54, 1.807) is 0 Å². The number of rotatable bonds is 2. The zero-order valence-corrected chi connectivity index (χ0v) is 14.2. The van der Waals surface area contributed by atoms with Gasteiger partial charge in [0.2, 0.25) is 0 Å². The fraction of sp³-hybridized carbons (Fsp3) is 0.714. The van der Waals surface area contributed by atoms with Gasteiger partial charge in [-0.15, -0.1) is 0 Å². The molecule has 0 spiro atoms. The van der Waals surface area contributed by atoms with Crippen molar-refractivity contribution in [1.29, 1.82) is 0 Å². The number of hydrogen-bond donors (Lipinski definition) is 3. The molecule has 1 aliphatic heterocycles. The van der Waals surface area contributed by atoms with E-state index >= 15 is 0 Å². The molecular formula is C14H22F6N2O4. The summed E-state index contributed by atoms with van der Waals surface area (Å²) >= 11 is 0. The van der Waals surface area contributed by atoms with Crippen molar-refractivity contribution in [2.75, 3.05) is 19.6 Å². The molecule has 1 heterocycles. The highest BCUT2D eigenvalue weighted by molar-refractivity contribution is 5.73. The molecule has 0 amide bonds. The van der Waals surface area contributed by atoms with Crippen molar-refractivity contribution in [2.24, 2.45) is 5.73 Å². The Kier molecular flexibility index (Phi) is 11.9. The van der Waals surface area contributed by atoms with Gasteiger partial charge < -0.3 is 15.9 Å². The van der Waals surface area contributed by atoms with Crippen LogP contribution < -0.4 is 5.73 Å². The average Bonchev–Trinajstić information content (AvgIpc) is 2.46. The van der Waals surface area contributed by atoms with Gasteiger partial charge in [0.05, 0.1) is 0 Å². The maximum absolute atomic E-state index is 10.6. The first-order valence-corrected chi connectivity index (χ1v) is 7.28. The van der Waals surface area contributed by atoms with Gasteiger partial charge in [-0.05, 0) is 39.8 Å². The van der Waals surface area contributed by atoms with Crippen LogP contribution in [0.15, 0.2) is 11.6 Å². The summed E-state index contributed by atoms with van der Waals surface area (Å²) in [5.41, 5.74) is 7.22. The third kappa shape index (κ3) is 15.7. The zero-order chi connectivity index (χ0) is 21.1. The van der Waals surface area contributed by atoms with Gasteiger partial charge in [-0.3, -0.25) is 4.90 Å². The minimum atomic E-state index is -5.08. The van der Waals surface area contributed by atoms with Gasteiger partial charge in [0, 0.05) is 12.6 Å². The lowest BCUT2D eigenvalue weighted by atomic mass is 10.1. The molecule has 0 saturated carbocycles. The van der Waals surface area contributed by atoms with Crippen LogP contribution in [-0.4, -0.2) is 65.1 Å². The molecule has 0 aliphatic carbocycles. The quantitative estimate of drug-likeness (QED) is 0.490. The topological polar surface area (TPSA) is 104 Å². The number of carboxylic acid groups (broad SMARTS) is 2. The molecule has 1 fully saturated rings. The lowest BCUT2D eigenvalue weighted by Crippen LogP contribution is -2.39. The minimum absolute atomic E-state index is 0.452. The van der Waals surface area contributed by atoms with E-state index in [2.05, 4.69) is 24.8 Å². The molecule has 0 aromatic rings. The summed E-state index contributed by atoms with van der Waals surface area (Å²) in [7, 11) is 0. The minimum Gasteiger partial charge on any atom is -0.475 e. The maximum Gasteiger partial charge on any atom is 0.490 e. The molecule has 154 valence electrons. The molecule has 1 aliphatic rings. The Balaban J connectivity index is 0. The van der Waals surface area contributed by atoms with Crippen LogP contribution in [0, 0.1) is 0 Å². The summed E-state index contributed by atoms with van der Waals surface area (Å²) in [6.07, 6.45) is -5.55. The van der Waals surface area contributed by atoms with Crippen molar-refractivity contribution in [1.82, 2.24) is 4.90 Å². The number of hydrogen-bond acceptors (Lipinski definition) is 4. The van der Waals surface area contributed by atoms with Gasteiger partial charge in [0.1, 0.15) is 0 Å². The Labute approximate surface area is 146 Å². The highest BCUT2D eigenvalue weighted by Crippen LogP contribution is 2.13. The van der Waals surface area contributed by atoms with Gasteiger partial charge in [0.15, 0.2) is 0 Å². The number of nitrogens with zero attached hydrogens (tertiary/aromatic N) is 1. The number of alkyl halides is 6. The zero-order valence-electron chi connectivity index (χ0n) is 14.2. The van der Waals surface area contributed by atoms with E-state index in [4.69, 9.17) is 25.5 Å². The summed E-state index contributed by atoms with van der Waals surface area (Å²) in [6.45, 7) is 7.75. The standard InChI is InChI=1S/C10H20N2.2C2HF3O2/c1-9(2)3-6-12-7-4-10(11)5-8-12;2*3-2(4,5)1(6)7/h3,10H,4-8,11H2,1-2H3;2*(H,6,7). The Hall–Kier alpha value is -1.82. The Morgan fingerprint density at radius 2 is 1.31 bits per heavy atom. The highest BCUT2D eigenvalue weighted by atomic mass is 19.4. The van der Waals surface area contributed by atoms with E-state index in [-0.39, 0.29) is 0 Å². The Morgan fingerprint density at radius 1 is 1.00 bits per heavy atom. The van der Waals surface area contributed by atoms with Crippen molar-refractivity contribution in [3.8, 4) is 0 Å². The third-order valence-corrected chi connectivity index (χ3v) is 2.87. The monoisotopic (exact) mass is 396 g/mol. The molecule has 4 N–H and O–H groups in total. The van der Waals surface area contributed by atoms with Crippen molar-refractivity contribution in [2.45, 2.75) is 45.1 Å². The first-order valence-electron chi connectivity index (χ1n) is 7.28. The molecule has 12 heteroatoms. The van der Waals surface area contributed by atoms with Gasteiger partial charge in [0.25, 0.3) is 0 Å². The predicted octanol–water partition coefficient (Wildman–Crippen LogP) is 2.64. The summed E-state index contributed by atoms with van der Waals surface area (Å²) in [5.74, 6) is -5.51. The largest absolute Gasteiger partial charge is 0.490 e. The average molecular weight is 396 g/mol. The van der Waals surface area contributed by atoms with E-state index in [0.29, 0.717) is 6.04 Å². The third-order valence-electron chi connectivity index (χ3n) is 2.87. The molecule has 0 aromatic carbocycles. The molecule has 0 atom stereocenters. The number of carbonyl (C=O) groups is 2. The molecule has 1 rings (SSSR count). The molecular weight excluding hydrogens is 374 g/mol. The SMILES string of the molecule is CC(C)=CCN1CCC(N)CC1.O=C(O)C(F)(F)F.O=C(O)C(F)(F)F. The van der Waals surface area contributed by atoms with Crippen LogP contribution in [0.4, 0.5) is 26.3 Å². The maximum atomic E-state index is 10.6. The number of carboxylic acids is 2. The molecule has 0 aromatic heterocycles. The summed E-state index contributed by atoms with van der Waals surface area (Å²) in [6, 6.07) is 0.452. The second kappa shape index (κ2) is 11.7. The highest BCUT2D eigenvalue weighted by Gasteiger charge is 2.38. The molecule has 1 saturated heterocycles. The number of allylic oxidation sites excluding steroid dienone is 1. The number of likely N-dealkylation sites (tertiary alicyclic amines) is 1. The summed E-state index contributed by atoms with van der Waals surface area (Å²) in [5, 5.41) is 14.2. The smallest absolute Gasteiger partial charge is 0.475 e. The van der Waals surface area contributed by atoms with Crippen LogP contribution in [0.1, 0.15) is 26.7 Å². The molecule has 6 nitrogen and oxygen atoms in total. The normalized spacial score (nSPS) is 15.7. The fourth-order valence-corrected chi connectivity index (χ4v) is 1.45. The van der Waals surface area contributed by atoms with Gasteiger partial charge in [-0.2, -0.15) is 26.3 Å². The van der Waals surface area contributed by atoms with Crippen LogP contribution in [0.2, 0.25) is 0 Å². The van der Waals surface area contributed by atoms with Crippen molar-refractivity contribution < 1.29 is 46.1 Å². The van der Waals surface area contributed by atoms with Crippen LogP contribution in [-0.2, 0) is 9.59 Å². The lowest BCUT2D eigenvalue weighted by Gasteiger charge is -2.29. The van der Waals surface area contributed by atoms with E-state index in [1.165, 1.54) is 18.7 Å². The van der Waals surface area contributed by atoms with Gasteiger partial charge in [-0.1, -0.05) is 11.6 Å². The second-order valence-corrected chi connectivity index (χ2v) is 5.53. The lowest BCUT2D eigenvalue weighted by molar-refractivity contribution is -0.193. The molecule has 26 heavy (non-hydrogen) atoms. The first kappa shape index (κ1) is 26.4. The fourth-order valence-electron chi connectivity index (χ4n) is 1.45.